The minimum absolute atomic E-state index is 0.139. The molecule has 0 amide bonds. The van der Waals surface area contributed by atoms with Gasteiger partial charge in [-0.25, -0.2) is 15.0 Å². The lowest BCUT2D eigenvalue weighted by atomic mass is 10.2. The molecule has 3 aromatic heterocycles. The summed E-state index contributed by atoms with van der Waals surface area (Å²) in [5, 5.41) is 0.608. The molecule has 0 atom stereocenters. The van der Waals surface area contributed by atoms with Crippen molar-refractivity contribution in [2.24, 2.45) is 7.05 Å². The molecule has 4 aromatic rings. The van der Waals surface area contributed by atoms with Crippen LogP contribution in [0.4, 0.5) is 11.6 Å². The lowest BCUT2D eigenvalue weighted by Gasteiger charge is -2.22. The molecular formula is C22H21ClN6O2. The van der Waals surface area contributed by atoms with Crippen LogP contribution in [0.15, 0.2) is 65.7 Å². The summed E-state index contributed by atoms with van der Waals surface area (Å²) in [5.74, 6) is 0.980. The van der Waals surface area contributed by atoms with Crippen molar-refractivity contribution in [2.75, 3.05) is 18.7 Å². The molecule has 8 nitrogen and oxygen atoms in total. The average molecular weight is 437 g/mol. The standard InChI is InChI=1S/C22H21ClN6O2/c1-15-11-21(30)29(27(15)2)20-12-16(7-9-24-20)19-8-10-25-22(26-19)28(14-31-3)18-6-4-5-17(23)13-18/h4-13H,14H2,1-3H3. The number of pyridine rings is 1. The molecule has 0 aliphatic carbocycles. The molecule has 0 saturated heterocycles. The first-order valence-electron chi connectivity index (χ1n) is 9.55. The van der Waals surface area contributed by atoms with Crippen LogP contribution in [0.25, 0.3) is 17.1 Å². The van der Waals surface area contributed by atoms with Crippen LogP contribution in [0.5, 0.6) is 0 Å². The molecular weight excluding hydrogens is 416 g/mol. The smallest absolute Gasteiger partial charge is 0.273 e. The highest BCUT2D eigenvalue weighted by atomic mass is 35.5. The fourth-order valence-corrected chi connectivity index (χ4v) is 3.44. The third-order valence-corrected chi connectivity index (χ3v) is 5.11. The highest BCUT2D eigenvalue weighted by Gasteiger charge is 2.15. The first kappa shape index (κ1) is 20.8. The normalized spacial score (nSPS) is 11.0. The van der Waals surface area contributed by atoms with Crippen molar-refractivity contribution in [2.45, 2.75) is 6.92 Å². The molecule has 1 aromatic carbocycles. The summed E-state index contributed by atoms with van der Waals surface area (Å²) in [4.78, 5) is 27.7. The second-order valence-electron chi connectivity index (χ2n) is 6.93. The third kappa shape index (κ3) is 4.21. The molecule has 0 fully saturated rings. The van der Waals surface area contributed by atoms with E-state index in [9.17, 15) is 4.79 Å². The van der Waals surface area contributed by atoms with E-state index in [-0.39, 0.29) is 12.3 Å². The van der Waals surface area contributed by atoms with Crippen molar-refractivity contribution in [1.29, 1.82) is 0 Å². The highest BCUT2D eigenvalue weighted by Crippen LogP contribution is 2.27. The van der Waals surface area contributed by atoms with Gasteiger partial charge in [0.1, 0.15) is 6.73 Å². The zero-order chi connectivity index (χ0) is 22.0. The third-order valence-electron chi connectivity index (χ3n) is 4.87. The van der Waals surface area contributed by atoms with E-state index in [0.29, 0.717) is 22.5 Å². The van der Waals surface area contributed by atoms with Crippen molar-refractivity contribution in [3.8, 4) is 17.1 Å². The number of aromatic nitrogens is 5. The second-order valence-corrected chi connectivity index (χ2v) is 7.37. The number of halogens is 1. The van der Waals surface area contributed by atoms with Crippen LogP contribution in [0.1, 0.15) is 5.69 Å². The van der Waals surface area contributed by atoms with Crippen LogP contribution in [-0.4, -0.2) is 38.2 Å². The summed E-state index contributed by atoms with van der Waals surface area (Å²) in [6, 6.07) is 14.5. The Bertz CT molecular complexity index is 1280. The summed E-state index contributed by atoms with van der Waals surface area (Å²) >= 11 is 6.16. The zero-order valence-corrected chi connectivity index (χ0v) is 18.1. The number of benzene rings is 1. The first-order chi connectivity index (χ1) is 15.0. The molecule has 31 heavy (non-hydrogen) atoms. The maximum absolute atomic E-state index is 12.4. The number of rotatable bonds is 6. The monoisotopic (exact) mass is 436 g/mol. The minimum atomic E-state index is -0.139. The number of aryl methyl sites for hydroxylation is 1. The molecule has 0 radical (unpaired) electrons. The van der Waals surface area contributed by atoms with Gasteiger partial charge >= 0.3 is 0 Å². The quantitative estimate of drug-likeness (QED) is 0.428. The van der Waals surface area contributed by atoms with E-state index >= 15 is 0 Å². The van der Waals surface area contributed by atoms with Gasteiger partial charge in [0.05, 0.1) is 5.69 Å². The summed E-state index contributed by atoms with van der Waals surface area (Å²) in [7, 11) is 3.43. The fourth-order valence-electron chi connectivity index (χ4n) is 3.26. The highest BCUT2D eigenvalue weighted by molar-refractivity contribution is 6.30. The maximum atomic E-state index is 12.4. The number of hydrogen-bond donors (Lipinski definition) is 0. The van der Waals surface area contributed by atoms with E-state index in [0.717, 1.165) is 16.9 Å². The molecule has 3 heterocycles. The van der Waals surface area contributed by atoms with Crippen molar-refractivity contribution in [3.05, 3.63) is 82.0 Å². The van der Waals surface area contributed by atoms with E-state index in [4.69, 9.17) is 21.3 Å². The summed E-state index contributed by atoms with van der Waals surface area (Å²) in [5.41, 5.74) is 3.02. The zero-order valence-electron chi connectivity index (χ0n) is 17.4. The lowest BCUT2D eigenvalue weighted by molar-refractivity contribution is 0.205. The second kappa shape index (κ2) is 8.71. The van der Waals surface area contributed by atoms with Gasteiger partial charge in [0, 0.05) is 54.6 Å². The average Bonchev–Trinajstić information content (AvgIpc) is 3.03. The van der Waals surface area contributed by atoms with Crippen LogP contribution in [0, 0.1) is 6.92 Å². The number of anilines is 2. The predicted octanol–water partition coefficient (Wildman–Crippen LogP) is 3.73. The van der Waals surface area contributed by atoms with Gasteiger partial charge in [-0.05, 0) is 43.3 Å². The SMILES string of the molecule is COCN(c1cccc(Cl)c1)c1nccc(-c2ccnc(-n3c(=O)cc(C)n3C)c2)n1. The van der Waals surface area contributed by atoms with Gasteiger partial charge in [0.25, 0.3) is 5.56 Å². The van der Waals surface area contributed by atoms with E-state index in [1.807, 2.05) is 55.3 Å². The van der Waals surface area contributed by atoms with Gasteiger partial charge in [-0.15, -0.1) is 0 Å². The molecule has 0 spiro atoms. The van der Waals surface area contributed by atoms with Gasteiger partial charge in [0.15, 0.2) is 5.82 Å². The van der Waals surface area contributed by atoms with Gasteiger partial charge in [-0.2, -0.15) is 4.68 Å². The van der Waals surface area contributed by atoms with Crippen LogP contribution in [0.3, 0.4) is 0 Å². The topological polar surface area (TPSA) is 78.1 Å². The summed E-state index contributed by atoms with van der Waals surface area (Å²) in [6.07, 6.45) is 3.34. The predicted molar refractivity (Wildman–Crippen MR) is 120 cm³/mol. The Labute approximate surface area is 184 Å². The van der Waals surface area contributed by atoms with Crippen LogP contribution in [0.2, 0.25) is 5.02 Å². The Balaban J connectivity index is 1.75. The van der Waals surface area contributed by atoms with E-state index in [2.05, 4.69) is 9.97 Å². The Hall–Kier alpha value is -3.49. The van der Waals surface area contributed by atoms with Crippen LogP contribution < -0.4 is 10.5 Å². The number of ether oxygens (including phenoxy) is 1. The largest absolute Gasteiger partial charge is 0.364 e. The molecule has 0 aliphatic rings. The Morgan fingerprint density at radius 2 is 1.90 bits per heavy atom. The van der Waals surface area contributed by atoms with Crippen molar-refractivity contribution in [3.63, 3.8) is 0 Å². The molecule has 0 bridgehead atoms. The Morgan fingerprint density at radius 3 is 2.61 bits per heavy atom. The summed E-state index contributed by atoms with van der Waals surface area (Å²) < 4.78 is 8.64. The molecule has 0 saturated carbocycles. The Kier molecular flexibility index (Phi) is 5.83. The Morgan fingerprint density at radius 1 is 1.10 bits per heavy atom. The summed E-state index contributed by atoms with van der Waals surface area (Å²) in [6.45, 7) is 2.13. The minimum Gasteiger partial charge on any atom is -0.364 e. The van der Waals surface area contributed by atoms with Crippen molar-refractivity contribution < 1.29 is 4.74 Å². The van der Waals surface area contributed by atoms with Gasteiger partial charge in [0.2, 0.25) is 5.95 Å². The maximum Gasteiger partial charge on any atom is 0.273 e. The van der Waals surface area contributed by atoms with Crippen molar-refractivity contribution >= 4 is 23.2 Å². The number of nitrogens with zero attached hydrogens (tertiary/aromatic N) is 6. The fraction of sp³-hybridized carbons (Fsp3) is 0.182. The number of hydrogen-bond acceptors (Lipinski definition) is 6. The molecule has 0 aliphatic heterocycles. The molecule has 0 unspecified atom stereocenters. The molecule has 0 N–H and O–H groups in total. The molecule has 9 heteroatoms. The molecule has 158 valence electrons. The van der Waals surface area contributed by atoms with Gasteiger partial charge in [-0.1, -0.05) is 17.7 Å². The van der Waals surface area contributed by atoms with Gasteiger partial charge in [-0.3, -0.25) is 14.4 Å². The van der Waals surface area contributed by atoms with E-state index in [1.165, 1.54) is 4.68 Å². The van der Waals surface area contributed by atoms with E-state index < -0.39 is 0 Å². The van der Waals surface area contributed by atoms with Crippen LogP contribution in [-0.2, 0) is 11.8 Å². The van der Waals surface area contributed by atoms with E-state index in [1.54, 1.807) is 36.3 Å². The number of methoxy groups -OCH3 is 1. The molecule has 4 rings (SSSR count). The van der Waals surface area contributed by atoms with Crippen LogP contribution >= 0.6 is 11.6 Å². The lowest BCUT2D eigenvalue weighted by Crippen LogP contribution is -2.22. The van der Waals surface area contributed by atoms with Gasteiger partial charge < -0.3 is 4.74 Å². The first-order valence-corrected chi connectivity index (χ1v) is 9.93. The van der Waals surface area contributed by atoms with Crippen molar-refractivity contribution in [1.82, 2.24) is 24.3 Å².